The maximum absolute atomic E-state index is 12.7. The number of carbonyl (C=O) groups excluding carboxylic acids is 1. The van der Waals surface area contributed by atoms with Crippen molar-refractivity contribution in [3.05, 3.63) is 40.6 Å². The number of nitrogen functional groups attached to an aromatic ring is 1. The average Bonchev–Trinajstić information content (AvgIpc) is 2.95. The molecule has 2 N–H and O–H groups in total. The second-order valence-electron chi connectivity index (χ2n) is 6.56. The third-order valence-corrected chi connectivity index (χ3v) is 4.89. The van der Waals surface area contributed by atoms with Gasteiger partial charge >= 0.3 is 0 Å². The molecule has 1 amide bonds. The summed E-state index contributed by atoms with van der Waals surface area (Å²) in [5, 5.41) is 0. The average molecular weight is 377 g/mol. The normalized spacial score (nSPS) is 21.4. The lowest BCUT2D eigenvalue weighted by molar-refractivity contribution is 0.0592. The molecule has 1 aromatic carbocycles. The van der Waals surface area contributed by atoms with Gasteiger partial charge in [0.25, 0.3) is 5.91 Å². The number of nitrogens with zero attached hydrogens (tertiary/aromatic N) is 1. The molecule has 0 spiro atoms. The van der Waals surface area contributed by atoms with E-state index in [2.05, 4.69) is 29.8 Å². The lowest BCUT2D eigenvalue weighted by Gasteiger charge is -2.34. The molecule has 0 bridgehead atoms. The van der Waals surface area contributed by atoms with Crippen molar-refractivity contribution in [2.45, 2.75) is 20.3 Å². The van der Waals surface area contributed by atoms with Crippen LogP contribution in [0.1, 0.15) is 30.8 Å². The number of amides is 1. The summed E-state index contributed by atoms with van der Waals surface area (Å²) in [5.41, 5.74) is 7.33. The number of halogens is 1. The minimum Gasteiger partial charge on any atom is -0.451 e. The van der Waals surface area contributed by atoms with Gasteiger partial charge in [-0.3, -0.25) is 4.79 Å². The number of piperidine rings is 1. The molecule has 1 aliphatic rings. The molecule has 1 fully saturated rings. The van der Waals surface area contributed by atoms with Crippen LogP contribution in [0.2, 0.25) is 0 Å². The molecule has 4 nitrogen and oxygen atoms in total. The molecule has 0 radical (unpaired) electrons. The van der Waals surface area contributed by atoms with Gasteiger partial charge in [0.1, 0.15) is 5.76 Å². The Bertz CT molecular complexity index is 716. The fourth-order valence-electron chi connectivity index (χ4n) is 3.31. The van der Waals surface area contributed by atoms with E-state index in [4.69, 9.17) is 10.2 Å². The summed E-state index contributed by atoms with van der Waals surface area (Å²) in [5.74, 6) is 2.09. The van der Waals surface area contributed by atoms with Crippen LogP contribution in [-0.4, -0.2) is 23.9 Å². The topological polar surface area (TPSA) is 59.5 Å². The number of benzene rings is 1. The Morgan fingerprint density at radius 3 is 2.57 bits per heavy atom. The van der Waals surface area contributed by atoms with E-state index in [9.17, 15) is 4.79 Å². The first-order valence-corrected chi connectivity index (χ1v) is 8.68. The van der Waals surface area contributed by atoms with E-state index < -0.39 is 0 Å². The summed E-state index contributed by atoms with van der Waals surface area (Å²) in [6.07, 6.45) is 1.17. The van der Waals surface area contributed by atoms with Crippen LogP contribution < -0.4 is 5.73 Å². The molecule has 2 heterocycles. The monoisotopic (exact) mass is 376 g/mol. The molecule has 2 aromatic rings. The van der Waals surface area contributed by atoms with Crippen molar-refractivity contribution in [2.24, 2.45) is 11.8 Å². The Balaban J connectivity index is 1.82. The summed E-state index contributed by atoms with van der Waals surface area (Å²) in [7, 11) is 0. The lowest BCUT2D eigenvalue weighted by Crippen LogP contribution is -2.42. The molecule has 1 aliphatic heterocycles. The lowest BCUT2D eigenvalue weighted by atomic mass is 9.92. The fraction of sp³-hybridized carbons (Fsp3) is 0.389. The van der Waals surface area contributed by atoms with Gasteiger partial charge in [-0.05, 0) is 64.5 Å². The van der Waals surface area contributed by atoms with Crippen LogP contribution in [0.25, 0.3) is 11.3 Å². The van der Waals surface area contributed by atoms with Gasteiger partial charge in [0.15, 0.2) is 5.76 Å². The highest BCUT2D eigenvalue weighted by Crippen LogP contribution is 2.32. The number of furan rings is 1. The minimum atomic E-state index is -0.0267. The molecule has 23 heavy (non-hydrogen) atoms. The van der Waals surface area contributed by atoms with Gasteiger partial charge in [-0.1, -0.05) is 13.8 Å². The number of anilines is 1. The molecule has 2 atom stereocenters. The molecule has 0 unspecified atom stereocenters. The first-order valence-electron chi connectivity index (χ1n) is 7.88. The summed E-state index contributed by atoms with van der Waals surface area (Å²) >= 11 is 3.49. The van der Waals surface area contributed by atoms with Crippen LogP contribution in [-0.2, 0) is 0 Å². The quantitative estimate of drug-likeness (QED) is 0.789. The third kappa shape index (κ3) is 3.44. The van der Waals surface area contributed by atoms with Gasteiger partial charge < -0.3 is 15.1 Å². The largest absolute Gasteiger partial charge is 0.451 e. The predicted molar refractivity (Wildman–Crippen MR) is 95.1 cm³/mol. The van der Waals surface area contributed by atoms with Gasteiger partial charge in [-0.25, -0.2) is 0 Å². The molecule has 1 aromatic heterocycles. The maximum Gasteiger partial charge on any atom is 0.289 e. The Kier molecular flexibility index (Phi) is 4.48. The molecular formula is C18H21BrN2O2. The van der Waals surface area contributed by atoms with Crippen molar-refractivity contribution < 1.29 is 9.21 Å². The zero-order chi connectivity index (χ0) is 16.6. The number of likely N-dealkylation sites (tertiary alicyclic amines) is 1. The van der Waals surface area contributed by atoms with Crippen LogP contribution in [0.15, 0.2) is 39.2 Å². The maximum atomic E-state index is 12.7. The first-order chi connectivity index (χ1) is 10.9. The zero-order valence-corrected chi connectivity index (χ0v) is 15.0. The number of hydrogen-bond acceptors (Lipinski definition) is 3. The molecular weight excluding hydrogens is 356 g/mol. The van der Waals surface area contributed by atoms with Crippen molar-refractivity contribution in [3.8, 4) is 11.3 Å². The summed E-state index contributed by atoms with van der Waals surface area (Å²) in [6, 6.07) is 9.12. The fourth-order valence-corrected chi connectivity index (χ4v) is 3.91. The molecule has 5 heteroatoms. The number of hydrogen-bond donors (Lipinski definition) is 1. The molecule has 3 rings (SSSR count). The van der Waals surface area contributed by atoms with E-state index in [0.29, 0.717) is 29.0 Å². The van der Waals surface area contributed by atoms with Gasteiger partial charge in [-0.2, -0.15) is 0 Å². The molecule has 1 saturated heterocycles. The smallest absolute Gasteiger partial charge is 0.289 e. The number of carbonyl (C=O) groups is 1. The highest BCUT2D eigenvalue weighted by atomic mass is 79.9. The summed E-state index contributed by atoms with van der Waals surface area (Å²) in [4.78, 5) is 14.6. The van der Waals surface area contributed by atoms with E-state index in [1.165, 1.54) is 6.42 Å². The second kappa shape index (κ2) is 6.40. The Hall–Kier alpha value is -1.75. The molecule has 122 valence electrons. The van der Waals surface area contributed by atoms with Crippen LogP contribution in [0.4, 0.5) is 5.69 Å². The van der Waals surface area contributed by atoms with E-state index in [1.807, 2.05) is 29.2 Å². The van der Waals surface area contributed by atoms with Crippen molar-refractivity contribution in [2.75, 3.05) is 18.8 Å². The van der Waals surface area contributed by atoms with Crippen LogP contribution >= 0.6 is 15.9 Å². The van der Waals surface area contributed by atoms with Gasteiger partial charge in [0.05, 0.1) is 0 Å². The SMILES string of the molecule is C[C@@H]1C[C@H](C)CN(C(=O)c2ccc(-c3ccc(N)cc3Br)o2)C1. The molecule has 0 aliphatic carbocycles. The van der Waals surface area contributed by atoms with Crippen molar-refractivity contribution in [1.29, 1.82) is 0 Å². The number of nitrogens with two attached hydrogens (primary N) is 1. The van der Waals surface area contributed by atoms with Crippen molar-refractivity contribution in [1.82, 2.24) is 4.90 Å². The zero-order valence-electron chi connectivity index (χ0n) is 13.4. The summed E-state index contributed by atoms with van der Waals surface area (Å²) < 4.78 is 6.67. The van der Waals surface area contributed by atoms with Crippen LogP contribution in [0, 0.1) is 11.8 Å². The van der Waals surface area contributed by atoms with Gasteiger partial charge in [-0.15, -0.1) is 0 Å². The minimum absolute atomic E-state index is 0.0267. The van der Waals surface area contributed by atoms with Crippen LogP contribution in [0.3, 0.4) is 0 Å². The second-order valence-corrected chi connectivity index (χ2v) is 7.41. The highest BCUT2D eigenvalue weighted by Gasteiger charge is 2.27. The predicted octanol–water partition coefficient (Wildman–Crippen LogP) is 4.41. The van der Waals surface area contributed by atoms with Gasteiger partial charge in [0.2, 0.25) is 0 Å². The van der Waals surface area contributed by atoms with E-state index in [-0.39, 0.29) is 5.91 Å². The summed E-state index contributed by atoms with van der Waals surface area (Å²) in [6.45, 7) is 5.97. The number of rotatable bonds is 2. The van der Waals surface area contributed by atoms with Gasteiger partial charge in [0, 0.05) is 28.8 Å². The Labute approximate surface area is 144 Å². The molecule has 0 saturated carbocycles. The third-order valence-electron chi connectivity index (χ3n) is 4.23. The Morgan fingerprint density at radius 1 is 1.22 bits per heavy atom. The van der Waals surface area contributed by atoms with E-state index in [0.717, 1.165) is 23.1 Å². The van der Waals surface area contributed by atoms with E-state index >= 15 is 0 Å². The first kappa shape index (κ1) is 16.1. The van der Waals surface area contributed by atoms with E-state index in [1.54, 1.807) is 6.07 Å². The standard InChI is InChI=1S/C18H21BrN2O2/c1-11-7-12(2)10-21(9-11)18(22)17-6-5-16(23-17)14-4-3-13(20)8-15(14)19/h3-6,8,11-12H,7,9-10,20H2,1-2H3/t11-,12+. The highest BCUT2D eigenvalue weighted by molar-refractivity contribution is 9.10. The van der Waals surface area contributed by atoms with Crippen molar-refractivity contribution >= 4 is 27.5 Å². The van der Waals surface area contributed by atoms with Crippen molar-refractivity contribution in [3.63, 3.8) is 0 Å². The van der Waals surface area contributed by atoms with Crippen LogP contribution in [0.5, 0.6) is 0 Å². The Morgan fingerprint density at radius 2 is 1.91 bits per heavy atom.